The third kappa shape index (κ3) is 1.68. The van der Waals surface area contributed by atoms with E-state index in [1.54, 1.807) is 31.2 Å². The number of methoxy groups -OCH3 is 1. The molecule has 94 valence electrons. The van der Waals surface area contributed by atoms with Crippen LogP contribution in [0.4, 0.5) is 0 Å². The molecule has 1 atom stereocenters. The monoisotopic (exact) mass is 247 g/mol. The molecule has 0 aromatic heterocycles. The molecule has 0 radical (unpaired) electrons. The van der Waals surface area contributed by atoms with Gasteiger partial charge in [-0.3, -0.25) is 14.5 Å². The Morgan fingerprint density at radius 2 is 1.72 bits per heavy atom. The van der Waals surface area contributed by atoms with Crippen molar-refractivity contribution in [3.8, 4) is 0 Å². The van der Waals surface area contributed by atoms with Gasteiger partial charge in [0.2, 0.25) is 0 Å². The molecule has 5 nitrogen and oxygen atoms in total. The molecule has 1 heterocycles. The first-order valence-electron chi connectivity index (χ1n) is 5.66. The molecule has 1 aliphatic heterocycles. The SMILES string of the molecule is CC[C@@H](C(=O)OC)N1C(=O)c2ccccc2C1=O. The molecule has 2 rings (SSSR count). The van der Waals surface area contributed by atoms with Gasteiger partial charge in [-0.1, -0.05) is 19.1 Å². The van der Waals surface area contributed by atoms with Gasteiger partial charge in [-0.15, -0.1) is 0 Å². The molecule has 1 aromatic carbocycles. The highest BCUT2D eigenvalue weighted by Crippen LogP contribution is 2.25. The molecule has 2 amide bonds. The molecule has 1 aromatic rings. The number of ether oxygens (including phenoxy) is 1. The molecule has 1 aliphatic rings. The van der Waals surface area contributed by atoms with Crippen LogP contribution in [0.1, 0.15) is 34.1 Å². The summed E-state index contributed by atoms with van der Waals surface area (Å²) < 4.78 is 4.63. The maximum atomic E-state index is 12.1. The van der Waals surface area contributed by atoms with Crippen LogP contribution in [0.3, 0.4) is 0 Å². The van der Waals surface area contributed by atoms with Gasteiger partial charge in [0.25, 0.3) is 11.8 Å². The zero-order valence-electron chi connectivity index (χ0n) is 10.2. The van der Waals surface area contributed by atoms with Gasteiger partial charge in [-0.2, -0.15) is 0 Å². The Morgan fingerprint density at radius 3 is 2.11 bits per heavy atom. The van der Waals surface area contributed by atoms with E-state index in [0.717, 1.165) is 4.90 Å². The smallest absolute Gasteiger partial charge is 0.329 e. The lowest BCUT2D eigenvalue weighted by molar-refractivity contribution is -0.145. The summed E-state index contributed by atoms with van der Waals surface area (Å²) in [6.07, 6.45) is 0.331. The Balaban J connectivity index is 2.41. The maximum Gasteiger partial charge on any atom is 0.329 e. The fraction of sp³-hybridized carbons (Fsp3) is 0.308. The van der Waals surface area contributed by atoms with E-state index in [9.17, 15) is 14.4 Å². The first kappa shape index (κ1) is 12.3. The first-order valence-corrected chi connectivity index (χ1v) is 5.66. The Bertz CT molecular complexity index is 488. The van der Waals surface area contributed by atoms with E-state index < -0.39 is 23.8 Å². The van der Waals surface area contributed by atoms with Crippen molar-refractivity contribution in [3.63, 3.8) is 0 Å². The van der Waals surface area contributed by atoms with E-state index in [4.69, 9.17) is 0 Å². The van der Waals surface area contributed by atoms with Crippen molar-refractivity contribution in [2.45, 2.75) is 19.4 Å². The van der Waals surface area contributed by atoms with Crippen LogP contribution >= 0.6 is 0 Å². The lowest BCUT2D eigenvalue weighted by atomic mass is 10.1. The Morgan fingerprint density at radius 1 is 1.22 bits per heavy atom. The molecule has 5 heteroatoms. The number of carbonyl (C=O) groups excluding carboxylic acids is 3. The van der Waals surface area contributed by atoms with Gasteiger partial charge in [0, 0.05) is 0 Å². The second kappa shape index (κ2) is 4.60. The fourth-order valence-corrected chi connectivity index (χ4v) is 2.08. The van der Waals surface area contributed by atoms with Gasteiger partial charge >= 0.3 is 5.97 Å². The van der Waals surface area contributed by atoms with Gasteiger partial charge in [-0.05, 0) is 18.6 Å². The predicted molar refractivity (Wildman–Crippen MR) is 63.0 cm³/mol. The zero-order chi connectivity index (χ0) is 13.3. The number of amides is 2. The minimum Gasteiger partial charge on any atom is -0.467 e. The van der Waals surface area contributed by atoms with Gasteiger partial charge in [0.15, 0.2) is 0 Å². The largest absolute Gasteiger partial charge is 0.467 e. The average molecular weight is 247 g/mol. The van der Waals surface area contributed by atoms with Crippen LogP contribution in [-0.4, -0.2) is 35.8 Å². The van der Waals surface area contributed by atoms with Crippen LogP contribution in [-0.2, 0) is 9.53 Å². The third-order valence-electron chi connectivity index (χ3n) is 3.00. The van der Waals surface area contributed by atoms with Crippen LogP contribution < -0.4 is 0 Å². The summed E-state index contributed by atoms with van der Waals surface area (Å²) in [5.74, 6) is -1.45. The number of carbonyl (C=O) groups is 3. The van der Waals surface area contributed by atoms with E-state index in [2.05, 4.69) is 4.74 Å². The highest BCUT2D eigenvalue weighted by molar-refractivity contribution is 6.22. The summed E-state index contributed by atoms with van der Waals surface area (Å²) in [5, 5.41) is 0. The van der Waals surface area contributed by atoms with Crippen LogP contribution in [0.5, 0.6) is 0 Å². The summed E-state index contributed by atoms with van der Waals surface area (Å²) in [6, 6.07) is 5.68. The van der Waals surface area contributed by atoms with Crippen molar-refractivity contribution in [2.24, 2.45) is 0 Å². The molecular formula is C13H13NO4. The van der Waals surface area contributed by atoms with Crippen molar-refractivity contribution < 1.29 is 19.1 Å². The number of rotatable bonds is 3. The Kier molecular flexibility index (Phi) is 3.14. The number of nitrogens with zero attached hydrogens (tertiary/aromatic N) is 1. The van der Waals surface area contributed by atoms with E-state index in [-0.39, 0.29) is 0 Å². The highest BCUT2D eigenvalue weighted by Gasteiger charge is 2.42. The Hall–Kier alpha value is -2.17. The topological polar surface area (TPSA) is 63.7 Å². The lowest BCUT2D eigenvalue weighted by Crippen LogP contribution is -2.45. The van der Waals surface area contributed by atoms with Crippen LogP contribution in [0, 0.1) is 0 Å². The molecule has 0 saturated heterocycles. The highest BCUT2D eigenvalue weighted by atomic mass is 16.5. The van der Waals surface area contributed by atoms with Crippen molar-refractivity contribution >= 4 is 17.8 Å². The molecule has 0 unspecified atom stereocenters. The second-order valence-corrected chi connectivity index (χ2v) is 3.97. The summed E-state index contributed by atoms with van der Waals surface area (Å²) in [7, 11) is 1.24. The molecule has 0 N–H and O–H groups in total. The van der Waals surface area contributed by atoms with Crippen LogP contribution in [0.25, 0.3) is 0 Å². The Labute approximate surface area is 104 Å². The van der Waals surface area contributed by atoms with Crippen molar-refractivity contribution in [1.29, 1.82) is 0 Å². The summed E-state index contributed by atoms with van der Waals surface area (Å²) in [4.78, 5) is 36.8. The lowest BCUT2D eigenvalue weighted by Gasteiger charge is -2.22. The molecule has 0 spiro atoms. The van der Waals surface area contributed by atoms with Crippen LogP contribution in [0.15, 0.2) is 24.3 Å². The van der Waals surface area contributed by atoms with Gasteiger partial charge in [0.05, 0.1) is 18.2 Å². The first-order chi connectivity index (χ1) is 8.61. The summed E-state index contributed by atoms with van der Waals surface area (Å²) in [6.45, 7) is 1.73. The molecule has 0 fully saturated rings. The molecule has 0 aliphatic carbocycles. The minimum atomic E-state index is -0.859. The third-order valence-corrected chi connectivity index (χ3v) is 3.00. The number of hydrogen-bond donors (Lipinski definition) is 0. The minimum absolute atomic E-state index is 0.331. The molecule has 0 bridgehead atoms. The molecule has 0 saturated carbocycles. The number of imide groups is 1. The van der Waals surface area contributed by atoms with Crippen molar-refractivity contribution in [1.82, 2.24) is 4.90 Å². The predicted octanol–water partition coefficient (Wildman–Crippen LogP) is 1.23. The van der Waals surface area contributed by atoms with E-state index in [0.29, 0.717) is 17.5 Å². The normalized spacial score (nSPS) is 15.6. The summed E-state index contributed by atoms with van der Waals surface area (Å²) >= 11 is 0. The van der Waals surface area contributed by atoms with Gasteiger partial charge < -0.3 is 4.74 Å². The van der Waals surface area contributed by atoms with Gasteiger partial charge in [0.1, 0.15) is 6.04 Å². The summed E-state index contributed by atoms with van der Waals surface area (Å²) in [5.41, 5.74) is 0.676. The number of esters is 1. The second-order valence-electron chi connectivity index (χ2n) is 3.97. The van der Waals surface area contributed by atoms with Crippen molar-refractivity contribution in [2.75, 3.05) is 7.11 Å². The number of benzene rings is 1. The van der Waals surface area contributed by atoms with Crippen molar-refractivity contribution in [3.05, 3.63) is 35.4 Å². The fourth-order valence-electron chi connectivity index (χ4n) is 2.08. The zero-order valence-corrected chi connectivity index (χ0v) is 10.2. The number of hydrogen-bond acceptors (Lipinski definition) is 4. The quantitative estimate of drug-likeness (QED) is 0.595. The number of fused-ring (bicyclic) bond motifs is 1. The van der Waals surface area contributed by atoms with E-state index in [1.165, 1.54) is 7.11 Å². The van der Waals surface area contributed by atoms with Crippen LogP contribution in [0.2, 0.25) is 0 Å². The van der Waals surface area contributed by atoms with E-state index in [1.807, 2.05) is 0 Å². The molecular weight excluding hydrogens is 234 g/mol. The standard InChI is InChI=1S/C13H13NO4/c1-3-10(13(17)18-2)14-11(15)8-6-4-5-7-9(8)12(14)16/h4-7,10H,3H2,1-2H3/t10-/m0/s1. The molecule has 18 heavy (non-hydrogen) atoms. The van der Waals surface area contributed by atoms with E-state index >= 15 is 0 Å². The van der Waals surface area contributed by atoms with Gasteiger partial charge in [-0.25, -0.2) is 4.79 Å². The maximum absolute atomic E-state index is 12.1. The average Bonchev–Trinajstić information content (AvgIpc) is 2.65.